The van der Waals surface area contributed by atoms with Crippen molar-refractivity contribution in [2.24, 2.45) is 0 Å². The number of aromatic amines is 1. The first-order valence-electron chi connectivity index (χ1n) is 4.73. The normalized spacial score (nSPS) is 10.1. The highest BCUT2D eigenvalue weighted by atomic mass is 19.1. The van der Waals surface area contributed by atoms with Gasteiger partial charge in [0, 0.05) is 11.4 Å². The molecule has 0 radical (unpaired) electrons. The third-order valence-electron chi connectivity index (χ3n) is 2.13. The molecule has 1 aromatic carbocycles. The zero-order valence-electron chi connectivity index (χ0n) is 8.62. The molecule has 1 amide bonds. The lowest BCUT2D eigenvalue weighted by atomic mass is 10.3. The molecule has 2 aromatic rings. The largest absolute Gasteiger partial charge is 0.348 e. The van der Waals surface area contributed by atoms with Gasteiger partial charge in [-0.3, -0.25) is 4.79 Å². The molecule has 1 aromatic heterocycles. The molecule has 0 saturated heterocycles. The summed E-state index contributed by atoms with van der Waals surface area (Å²) in [5.41, 5.74) is 1.39. The van der Waals surface area contributed by atoms with Crippen LogP contribution >= 0.6 is 0 Å². The predicted molar refractivity (Wildman–Crippen MR) is 57.7 cm³/mol. The summed E-state index contributed by atoms with van der Waals surface area (Å²) in [4.78, 5) is 18.4. The number of hydrogen-bond donors (Lipinski definition) is 2. The molecule has 0 unspecified atom stereocenters. The third kappa shape index (κ3) is 2.08. The number of hydrogen-bond acceptors (Lipinski definition) is 2. The number of halogens is 1. The van der Waals surface area contributed by atoms with E-state index in [1.807, 2.05) is 0 Å². The average Bonchev–Trinajstić information content (AvgIpc) is 2.64. The van der Waals surface area contributed by atoms with Gasteiger partial charge in [-0.05, 0) is 25.1 Å². The molecule has 1 heterocycles. The number of amides is 1. The Labute approximate surface area is 91.5 Å². The van der Waals surface area contributed by atoms with Crippen LogP contribution in [-0.4, -0.2) is 15.9 Å². The van der Waals surface area contributed by atoms with E-state index in [1.54, 1.807) is 13.0 Å². The van der Waals surface area contributed by atoms with Gasteiger partial charge in [0.2, 0.25) is 0 Å². The van der Waals surface area contributed by atoms with E-state index >= 15 is 0 Å². The quantitative estimate of drug-likeness (QED) is 0.812. The van der Waals surface area contributed by atoms with Gasteiger partial charge < -0.3 is 10.3 Å². The molecule has 2 rings (SSSR count). The van der Waals surface area contributed by atoms with Crippen LogP contribution < -0.4 is 5.32 Å². The summed E-state index contributed by atoms with van der Waals surface area (Å²) in [7, 11) is 0. The highest BCUT2D eigenvalue weighted by Gasteiger charge is 2.11. The SMILES string of the molecule is Cc1[nH]cnc1C(=O)Nc1cccc(F)c1. The monoisotopic (exact) mass is 219 g/mol. The Kier molecular flexibility index (Phi) is 2.68. The molecule has 0 bridgehead atoms. The van der Waals surface area contributed by atoms with Gasteiger partial charge in [0.15, 0.2) is 0 Å². The fourth-order valence-electron chi connectivity index (χ4n) is 1.34. The number of nitrogens with zero attached hydrogens (tertiary/aromatic N) is 1. The zero-order valence-corrected chi connectivity index (χ0v) is 8.62. The van der Waals surface area contributed by atoms with Gasteiger partial charge in [-0.1, -0.05) is 6.07 Å². The average molecular weight is 219 g/mol. The molecule has 0 spiro atoms. The number of carbonyl (C=O) groups excluding carboxylic acids is 1. The number of nitrogens with one attached hydrogen (secondary N) is 2. The molecule has 0 saturated carbocycles. The van der Waals surface area contributed by atoms with Crippen LogP contribution in [-0.2, 0) is 0 Å². The molecule has 0 aliphatic carbocycles. The maximum atomic E-state index is 12.9. The lowest BCUT2D eigenvalue weighted by Crippen LogP contribution is -2.13. The fourth-order valence-corrected chi connectivity index (χ4v) is 1.34. The second-order valence-corrected chi connectivity index (χ2v) is 3.34. The van der Waals surface area contributed by atoms with Gasteiger partial charge in [-0.15, -0.1) is 0 Å². The lowest BCUT2D eigenvalue weighted by molar-refractivity contribution is 0.102. The van der Waals surface area contributed by atoms with Crippen molar-refractivity contribution < 1.29 is 9.18 Å². The van der Waals surface area contributed by atoms with Gasteiger partial charge in [0.25, 0.3) is 5.91 Å². The van der Waals surface area contributed by atoms with Crippen LogP contribution in [0.1, 0.15) is 16.2 Å². The number of aromatic nitrogens is 2. The summed E-state index contributed by atoms with van der Waals surface area (Å²) in [6, 6.07) is 5.71. The van der Waals surface area contributed by atoms with Crippen LogP contribution in [0.25, 0.3) is 0 Å². The Hall–Kier alpha value is -2.17. The van der Waals surface area contributed by atoms with Crippen molar-refractivity contribution >= 4 is 11.6 Å². The standard InChI is InChI=1S/C11H10FN3O/c1-7-10(14-6-13-7)11(16)15-9-4-2-3-8(12)5-9/h2-6H,1H3,(H,13,14)(H,15,16). The van der Waals surface area contributed by atoms with Gasteiger partial charge in [-0.2, -0.15) is 0 Å². The minimum absolute atomic E-state index is 0.310. The number of anilines is 1. The topological polar surface area (TPSA) is 57.8 Å². The van der Waals surface area contributed by atoms with Crippen LogP contribution in [0.5, 0.6) is 0 Å². The predicted octanol–water partition coefficient (Wildman–Crippen LogP) is 2.11. The van der Waals surface area contributed by atoms with Crippen LogP contribution in [0.4, 0.5) is 10.1 Å². The molecule has 2 N–H and O–H groups in total. The smallest absolute Gasteiger partial charge is 0.276 e. The summed E-state index contributed by atoms with van der Waals surface area (Å²) < 4.78 is 12.9. The van der Waals surface area contributed by atoms with Gasteiger partial charge >= 0.3 is 0 Å². The van der Waals surface area contributed by atoms with E-state index in [2.05, 4.69) is 15.3 Å². The fraction of sp³-hybridized carbons (Fsp3) is 0.0909. The molecule has 0 aliphatic rings. The van der Waals surface area contributed by atoms with Crippen molar-refractivity contribution in [1.29, 1.82) is 0 Å². The van der Waals surface area contributed by atoms with Crippen molar-refractivity contribution in [3.8, 4) is 0 Å². The minimum Gasteiger partial charge on any atom is -0.348 e. The summed E-state index contributed by atoms with van der Waals surface area (Å²) in [5, 5.41) is 2.56. The first-order valence-corrected chi connectivity index (χ1v) is 4.73. The number of carbonyl (C=O) groups is 1. The molecule has 4 nitrogen and oxygen atoms in total. The van der Waals surface area contributed by atoms with Crippen LogP contribution in [0.15, 0.2) is 30.6 Å². The number of H-pyrrole nitrogens is 1. The van der Waals surface area contributed by atoms with Crippen LogP contribution in [0.2, 0.25) is 0 Å². The molecule has 82 valence electrons. The number of aryl methyl sites for hydroxylation is 1. The van der Waals surface area contributed by atoms with Gasteiger partial charge in [0.1, 0.15) is 11.5 Å². The van der Waals surface area contributed by atoms with E-state index < -0.39 is 5.82 Å². The van der Waals surface area contributed by atoms with E-state index in [0.717, 1.165) is 0 Å². The van der Waals surface area contributed by atoms with Crippen molar-refractivity contribution in [2.45, 2.75) is 6.92 Å². The Morgan fingerprint density at radius 2 is 2.31 bits per heavy atom. The maximum Gasteiger partial charge on any atom is 0.276 e. The molecule has 0 atom stereocenters. The number of benzene rings is 1. The molecule has 16 heavy (non-hydrogen) atoms. The van der Waals surface area contributed by atoms with Gasteiger partial charge in [0.05, 0.1) is 6.33 Å². The van der Waals surface area contributed by atoms with E-state index in [1.165, 1.54) is 24.5 Å². The third-order valence-corrected chi connectivity index (χ3v) is 2.13. The van der Waals surface area contributed by atoms with Crippen LogP contribution in [0, 0.1) is 12.7 Å². The maximum absolute atomic E-state index is 12.9. The molecule has 0 aliphatic heterocycles. The Bertz CT molecular complexity index is 521. The minimum atomic E-state index is -0.392. The van der Waals surface area contributed by atoms with Crippen molar-refractivity contribution in [3.05, 3.63) is 47.8 Å². The first-order chi connectivity index (χ1) is 7.66. The number of rotatable bonds is 2. The molecule has 0 fully saturated rings. The molecular formula is C11H10FN3O. The molecular weight excluding hydrogens is 209 g/mol. The number of imidazole rings is 1. The van der Waals surface area contributed by atoms with E-state index in [4.69, 9.17) is 0 Å². The van der Waals surface area contributed by atoms with Crippen LogP contribution in [0.3, 0.4) is 0 Å². The van der Waals surface area contributed by atoms with Crippen molar-refractivity contribution in [3.63, 3.8) is 0 Å². The summed E-state index contributed by atoms with van der Waals surface area (Å²) in [6.45, 7) is 1.74. The summed E-state index contributed by atoms with van der Waals surface area (Å²) in [5.74, 6) is -0.749. The zero-order chi connectivity index (χ0) is 11.5. The van der Waals surface area contributed by atoms with Crippen molar-refractivity contribution in [1.82, 2.24) is 9.97 Å². The Balaban J connectivity index is 2.17. The van der Waals surface area contributed by atoms with Crippen molar-refractivity contribution in [2.75, 3.05) is 5.32 Å². The second kappa shape index (κ2) is 4.14. The Morgan fingerprint density at radius 1 is 1.50 bits per heavy atom. The lowest BCUT2D eigenvalue weighted by Gasteiger charge is -2.03. The summed E-state index contributed by atoms with van der Waals surface area (Å²) >= 11 is 0. The van der Waals surface area contributed by atoms with E-state index in [-0.39, 0.29) is 5.91 Å². The van der Waals surface area contributed by atoms with Gasteiger partial charge in [-0.25, -0.2) is 9.37 Å². The summed E-state index contributed by atoms with van der Waals surface area (Å²) in [6.07, 6.45) is 1.44. The second-order valence-electron chi connectivity index (χ2n) is 3.34. The van der Waals surface area contributed by atoms with E-state index in [0.29, 0.717) is 17.1 Å². The van der Waals surface area contributed by atoms with E-state index in [9.17, 15) is 9.18 Å². The molecule has 5 heteroatoms. The highest BCUT2D eigenvalue weighted by Crippen LogP contribution is 2.11. The Morgan fingerprint density at radius 3 is 2.94 bits per heavy atom. The highest BCUT2D eigenvalue weighted by molar-refractivity contribution is 6.03. The first kappa shape index (κ1) is 10.4.